The van der Waals surface area contributed by atoms with E-state index in [4.69, 9.17) is 0 Å². The van der Waals surface area contributed by atoms with E-state index in [0.29, 0.717) is 19.3 Å². The normalized spacial score (nSPS) is 14.2. The van der Waals surface area contributed by atoms with Crippen LogP contribution in [0.2, 0.25) is 0 Å². The second-order valence-electron chi connectivity index (χ2n) is 18.2. The average Bonchev–Trinajstić information content (AvgIpc) is 3.25. The lowest BCUT2D eigenvalue weighted by molar-refractivity contribution is -0.132. The predicted octanol–water partition coefficient (Wildman–Crippen LogP) is 14.9. The number of rotatable bonds is 48. The maximum Gasteiger partial charge on any atom is 0.249 e. The highest BCUT2D eigenvalue weighted by Gasteiger charge is 2.28. The standard InChI is InChI=1S/C54H103NO5/c1-3-5-7-9-11-13-15-17-19-21-23-25-26-28-29-31-33-35-37-39-41-43-45-47-51(57)53(59)50(49-56)55-54(60)52(58)48-46-44-42-40-38-36-34-32-30-27-24-22-20-18-16-14-12-10-8-6-4-2/h30-33,39,41,50-53,56-59H,3-29,34-38,40,42-49H2,1-2H3,(H,55,60)/b32-30-,33-31+,41-39+. The van der Waals surface area contributed by atoms with E-state index >= 15 is 0 Å². The van der Waals surface area contributed by atoms with E-state index in [2.05, 4.69) is 55.6 Å². The molecule has 354 valence electrons. The van der Waals surface area contributed by atoms with E-state index < -0.39 is 36.9 Å². The quantitative estimate of drug-likeness (QED) is 0.0309. The van der Waals surface area contributed by atoms with Gasteiger partial charge < -0.3 is 25.7 Å². The summed E-state index contributed by atoms with van der Waals surface area (Å²) in [4.78, 5) is 12.6. The van der Waals surface area contributed by atoms with Gasteiger partial charge >= 0.3 is 0 Å². The lowest BCUT2D eigenvalue weighted by Crippen LogP contribution is -2.53. The Kier molecular flexibility index (Phi) is 47.4. The maximum atomic E-state index is 12.6. The van der Waals surface area contributed by atoms with Gasteiger partial charge in [-0.05, 0) is 77.0 Å². The third-order valence-electron chi connectivity index (χ3n) is 12.3. The molecule has 4 atom stereocenters. The predicted molar refractivity (Wildman–Crippen MR) is 260 cm³/mol. The van der Waals surface area contributed by atoms with Gasteiger partial charge in [0, 0.05) is 0 Å². The fraction of sp³-hybridized carbons (Fsp3) is 0.870. The van der Waals surface area contributed by atoms with Crippen LogP contribution in [0.25, 0.3) is 0 Å². The first-order chi connectivity index (χ1) is 29.5. The van der Waals surface area contributed by atoms with Crippen molar-refractivity contribution in [3.63, 3.8) is 0 Å². The van der Waals surface area contributed by atoms with Crippen LogP contribution < -0.4 is 5.32 Å². The number of aliphatic hydroxyl groups excluding tert-OH is 4. The molecular weight excluding hydrogens is 743 g/mol. The summed E-state index contributed by atoms with van der Waals surface area (Å²) in [6, 6.07) is -1.01. The van der Waals surface area contributed by atoms with Crippen molar-refractivity contribution >= 4 is 5.91 Å². The molecule has 0 saturated heterocycles. The zero-order valence-corrected chi connectivity index (χ0v) is 40.0. The largest absolute Gasteiger partial charge is 0.394 e. The minimum absolute atomic E-state index is 0.353. The van der Waals surface area contributed by atoms with Gasteiger partial charge in [-0.25, -0.2) is 0 Å². The van der Waals surface area contributed by atoms with Crippen molar-refractivity contribution in [3.8, 4) is 0 Å². The van der Waals surface area contributed by atoms with Gasteiger partial charge in [0.25, 0.3) is 0 Å². The summed E-state index contributed by atoms with van der Waals surface area (Å²) >= 11 is 0. The van der Waals surface area contributed by atoms with Crippen LogP contribution in [0.1, 0.15) is 271 Å². The van der Waals surface area contributed by atoms with Gasteiger partial charge in [-0.1, -0.05) is 230 Å². The van der Waals surface area contributed by atoms with Crippen LogP contribution in [0, 0.1) is 0 Å². The Morgan fingerprint density at radius 2 is 0.700 bits per heavy atom. The molecule has 0 fully saturated rings. The third kappa shape index (κ3) is 41.9. The lowest BCUT2D eigenvalue weighted by Gasteiger charge is -2.27. The van der Waals surface area contributed by atoms with Crippen LogP contribution in [-0.4, -0.2) is 57.3 Å². The summed E-state index contributed by atoms with van der Waals surface area (Å²) in [6.07, 6.45) is 59.1. The summed E-state index contributed by atoms with van der Waals surface area (Å²) < 4.78 is 0. The first-order valence-corrected chi connectivity index (χ1v) is 26.4. The number of carbonyl (C=O) groups is 1. The highest BCUT2D eigenvalue weighted by atomic mass is 16.3. The van der Waals surface area contributed by atoms with E-state index in [1.165, 1.54) is 186 Å². The van der Waals surface area contributed by atoms with Gasteiger partial charge in [-0.3, -0.25) is 4.79 Å². The van der Waals surface area contributed by atoms with Crippen LogP contribution >= 0.6 is 0 Å². The number of carbonyl (C=O) groups excluding carboxylic acids is 1. The Labute approximate surface area is 373 Å². The van der Waals surface area contributed by atoms with Gasteiger partial charge in [0.1, 0.15) is 12.2 Å². The van der Waals surface area contributed by atoms with Gasteiger partial charge in [-0.15, -0.1) is 0 Å². The molecule has 0 bridgehead atoms. The molecule has 0 heterocycles. The topological polar surface area (TPSA) is 110 Å². The number of allylic oxidation sites excluding steroid dienone is 6. The molecule has 0 radical (unpaired) electrons. The van der Waals surface area contributed by atoms with Crippen molar-refractivity contribution in [2.24, 2.45) is 0 Å². The molecule has 0 rings (SSSR count). The molecule has 0 aliphatic heterocycles. The smallest absolute Gasteiger partial charge is 0.249 e. The van der Waals surface area contributed by atoms with Crippen molar-refractivity contribution < 1.29 is 25.2 Å². The van der Waals surface area contributed by atoms with Gasteiger partial charge in [0.15, 0.2) is 0 Å². The molecule has 5 N–H and O–H groups in total. The molecule has 60 heavy (non-hydrogen) atoms. The van der Waals surface area contributed by atoms with Crippen molar-refractivity contribution in [2.45, 2.75) is 295 Å². The highest BCUT2D eigenvalue weighted by molar-refractivity contribution is 5.80. The van der Waals surface area contributed by atoms with Gasteiger partial charge in [0.05, 0.1) is 18.8 Å². The Morgan fingerprint density at radius 3 is 1.05 bits per heavy atom. The SMILES string of the molecule is CCCCCCCCCCCCC/C=C\CCCCCCCCC(O)C(=O)NC(CO)C(O)C(O)CCC/C=C/CC/C=C/CCCCCCCCCCCCCCCC. The summed E-state index contributed by atoms with van der Waals surface area (Å²) in [5.41, 5.74) is 0. The molecule has 0 aromatic rings. The Balaban J connectivity index is 3.73. The van der Waals surface area contributed by atoms with Crippen molar-refractivity contribution in [3.05, 3.63) is 36.5 Å². The molecule has 0 spiro atoms. The molecule has 0 aliphatic carbocycles. The second kappa shape index (κ2) is 48.6. The summed E-state index contributed by atoms with van der Waals surface area (Å²) in [5.74, 6) is -0.600. The molecule has 0 aromatic carbocycles. The fourth-order valence-corrected chi connectivity index (χ4v) is 8.12. The van der Waals surface area contributed by atoms with Crippen molar-refractivity contribution in [2.75, 3.05) is 6.61 Å². The van der Waals surface area contributed by atoms with E-state index in [1.54, 1.807) is 0 Å². The molecule has 6 nitrogen and oxygen atoms in total. The van der Waals surface area contributed by atoms with Crippen molar-refractivity contribution in [1.29, 1.82) is 0 Å². The Hall–Kier alpha value is -1.47. The van der Waals surface area contributed by atoms with E-state index in [9.17, 15) is 25.2 Å². The van der Waals surface area contributed by atoms with Crippen LogP contribution in [0.3, 0.4) is 0 Å². The zero-order chi connectivity index (χ0) is 43.8. The number of hydrogen-bond donors (Lipinski definition) is 5. The molecule has 0 aromatic heterocycles. The van der Waals surface area contributed by atoms with E-state index in [1.807, 2.05) is 0 Å². The Morgan fingerprint density at radius 1 is 0.400 bits per heavy atom. The summed E-state index contributed by atoms with van der Waals surface area (Å²) in [5, 5.41) is 43.9. The number of unbranched alkanes of at least 4 members (excludes halogenated alkanes) is 33. The Bertz CT molecular complexity index is 950. The fourth-order valence-electron chi connectivity index (χ4n) is 8.12. The van der Waals surface area contributed by atoms with E-state index in [0.717, 1.165) is 51.4 Å². The number of aliphatic hydroxyl groups is 4. The summed E-state index contributed by atoms with van der Waals surface area (Å²) in [6.45, 7) is 4.06. The van der Waals surface area contributed by atoms with E-state index in [-0.39, 0.29) is 0 Å². The van der Waals surface area contributed by atoms with Crippen LogP contribution in [0.4, 0.5) is 0 Å². The van der Waals surface area contributed by atoms with Gasteiger partial charge in [-0.2, -0.15) is 0 Å². The monoisotopic (exact) mass is 846 g/mol. The average molecular weight is 846 g/mol. The van der Waals surface area contributed by atoms with Crippen LogP contribution in [-0.2, 0) is 4.79 Å². The van der Waals surface area contributed by atoms with Crippen LogP contribution in [0.15, 0.2) is 36.5 Å². The number of hydrogen-bond acceptors (Lipinski definition) is 5. The van der Waals surface area contributed by atoms with Crippen LogP contribution in [0.5, 0.6) is 0 Å². The summed E-state index contributed by atoms with van der Waals surface area (Å²) in [7, 11) is 0. The molecule has 4 unspecified atom stereocenters. The molecule has 0 saturated carbocycles. The van der Waals surface area contributed by atoms with Gasteiger partial charge in [0.2, 0.25) is 5.91 Å². The molecule has 1 amide bonds. The first-order valence-electron chi connectivity index (χ1n) is 26.4. The number of amides is 1. The number of nitrogens with one attached hydrogen (secondary N) is 1. The lowest BCUT2D eigenvalue weighted by atomic mass is 10.00. The minimum Gasteiger partial charge on any atom is -0.394 e. The first kappa shape index (κ1) is 58.5. The molecule has 0 aliphatic rings. The second-order valence-corrected chi connectivity index (χ2v) is 18.2. The highest BCUT2D eigenvalue weighted by Crippen LogP contribution is 2.16. The maximum absolute atomic E-state index is 12.6. The third-order valence-corrected chi connectivity index (χ3v) is 12.3. The molecular formula is C54H103NO5. The molecule has 6 heteroatoms. The minimum atomic E-state index is -1.29. The zero-order valence-electron chi connectivity index (χ0n) is 40.0. The van der Waals surface area contributed by atoms with Crippen molar-refractivity contribution in [1.82, 2.24) is 5.32 Å².